The van der Waals surface area contributed by atoms with Crippen LogP contribution >= 0.6 is 0 Å². The first kappa shape index (κ1) is 22.1. The summed E-state index contributed by atoms with van der Waals surface area (Å²) in [7, 11) is 2.41. The molecule has 2 aromatic heterocycles. The summed E-state index contributed by atoms with van der Waals surface area (Å²) in [6.45, 7) is 7.01. The number of fused-ring (bicyclic) bond motifs is 3. The van der Waals surface area contributed by atoms with Crippen molar-refractivity contribution in [3.63, 3.8) is 0 Å². The third-order valence-electron chi connectivity index (χ3n) is 4.66. The lowest BCUT2D eigenvalue weighted by molar-refractivity contribution is 0.00574. The summed E-state index contributed by atoms with van der Waals surface area (Å²) in [4.78, 5) is 39.0. The minimum Gasteiger partial charge on any atom is -0.465 e. The van der Waals surface area contributed by atoms with Crippen LogP contribution in [0.5, 0.6) is 0 Å². The maximum atomic E-state index is 13.3. The van der Waals surface area contributed by atoms with E-state index in [-0.39, 0.29) is 16.8 Å². The Morgan fingerprint density at radius 3 is 2.13 bits per heavy atom. The number of rotatable bonds is 4. The van der Waals surface area contributed by atoms with Crippen LogP contribution in [0.3, 0.4) is 0 Å². The normalized spacial score (nSPS) is 11.8. The molecular weight excluding hydrogens is 398 g/mol. The van der Waals surface area contributed by atoms with Crippen LogP contribution in [-0.4, -0.2) is 42.1 Å². The lowest BCUT2D eigenvalue weighted by Gasteiger charge is -2.20. The molecule has 0 saturated carbocycles. The van der Waals surface area contributed by atoms with Gasteiger partial charge in [-0.05, 0) is 45.2 Å². The van der Waals surface area contributed by atoms with Gasteiger partial charge in [0.05, 0.1) is 19.7 Å². The Morgan fingerprint density at radius 2 is 1.55 bits per heavy atom. The molecule has 0 radical (unpaired) electrons. The van der Waals surface area contributed by atoms with Crippen LogP contribution in [0.25, 0.3) is 22.4 Å². The second kappa shape index (κ2) is 8.26. The van der Waals surface area contributed by atoms with E-state index in [1.807, 2.05) is 37.3 Å². The van der Waals surface area contributed by atoms with Gasteiger partial charge in [-0.15, -0.1) is 0 Å². The fraction of sp³-hybridized carbons (Fsp3) is 0.292. The van der Waals surface area contributed by atoms with Crippen molar-refractivity contribution >= 4 is 40.3 Å². The van der Waals surface area contributed by atoms with Crippen molar-refractivity contribution in [2.24, 2.45) is 0 Å². The SMILES string of the molecule is C/C=C/c1cc2ccccc2c2c(C(=O)OC)c(C(=O)OC)c(C(=O)OC(C)(C)C)n12. The van der Waals surface area contributed by atoms with Gasteiger partial charge in [-0.25, -0.2) is 14.4 Å². The molecule has 2 heterocycles. The molecule has 0 N–H and O–H groups in total. The quantitative estimate of drug-likeness (QED) is 0.449. The minimum absolute atomic E-state index is 0.0437. The number of pyridine rings is 1. The number of methoxy groups -OCH3 is 2. The molecule has 0 aliphatic rings. The summed E-state index contributed by atoms with van der Waals surface area (Å²) in [5, 5.41) is 1.51. The number of carbonyl (C=O) groups is 3. The van der Waals surface area contributed by atoms with Gasteiger partial charge in [-0.2, -0.15) is 0 Å². The summed E-state index contributed by atoms with van der Waals surface area (Å²) in [5.74, 6) is -2.34. The van der Waals surface area contributed by atoms with E-state index in [0.717, 1.165) is 5.39 Å². The Kier molecular flexibility index (Phi) is 5.88. The molecule has 0 aliphatic carbocycles. The van der Waals surface area contributed by atoms with Crippen LogP contribution in [0.2, 0.25) is 0 Å². The van der Waals surface area contributed by atoms with Gasteiger partial charge in [0.15, 0.2) is 0 Å². The Hall–Kier alpha value is -3.61. The highest BCUT2D eigenvalue weighted by Crippen LogP contribution is 2.34. The molecule has 0 atom stereocenters. The molecule has 0 unspecified atom stereocenters. The molecule has 7 nitrogen and oxygen atoms in total. The van der Waals surface area contributed by atoms with Crippen molar-refractivity contribution in [2.75, 3.05) is 14.2 Å². The highest BCUT2D eigenvalue weighted by molar-refractivity contribution is 6.19. The van der Waals surface area contributed by atoms with Crippen LogP contribution in [0, 0.1) is 0 Å². The maximum absolute atomic E-state index is 13.3. The van der Waals surface area contributed by atoms with E-state index >= 15 is 0 Å². The van der Waals surface area contributed by atoms with Gasteiger partial charge in [0, 0.05) is 11.1 Å². The molecule has 7 heteroatoms. The zero-order valence-electron chi connectivity index (χ0n) is 18.4. The van der Waals surface area contributed by atoms with Gasteiger partial charge in [0.25, 0.3) is 0 Å². The summed E-state index contributed by atoms with van der Waals surface area (Å²) < 4.78 is 17.1. The summed E-state index contributed by atoms with van der Waals surface area (Å²) in [5.41, 5.74) is -0.173. The number of carbonyl (C=O) groups excluding carboxylic acids is 3. The third kappa shape index (κ3) is 3.91. The molecule has 0 saturated heterocycles. The molecule has 162 valence electrons. The van der Waals surface area contributed by atoms with Crippen molar-refractivity contribution in [1.29, 1.82) is 0 Å². The first-order chi connectivity index (χ1) is 14.6. The van der Waals surface area contributed by atoms with Gasteiger partial charge in [-0.1, -0.05) is 30.3 Å². The largest absolute Gasteiger partial charge is 0.465 e. The van der Waals surface area contributed by atoms with Crippen molar-refractivity contribution in [3.05, 3.63) is 58.9 Å². The van der Waals surface area contributed by atoms with E-state index in [1.54, 1.807) is 37.3 Å². The number of aromatic nitrogens is 1. The van der Waals surface area contributed by atoms with Crippen LogP contribution < -0.4 is 0 Å². The topological polar surface area (TPSA) is 83.3 Å². The smallest absolute Gasteiger partial charge is 0.356 e. The zero-order chi connectivity index (χ0) is 22.9. The Labute approximate surface area is 180 Å². The average molecular weight is 423 g/mol. The predicted octanol–water partition coefficient (Wildman–Crippen LogP) is 4.65. The number of nitrogens with zero attached hydrogens (tertiary/aromatic N) is 1. The van der Waals surface area contributed by atoms with Crippen LogP contribution in [0.1, 0.15) is 64.6 Å². The first-order valence-electron chi connectivity index (χ1n) is 9.77. The Morgan fingerprint density at radius 1 is 0.935 bits per heavy atom. The number of hydrogen-bond acceptors (Lipinski definition) is 6. The molecule has 0 bridgehead atoms. The molecule has 0 fully saturated rings. The summed E-state index contributed by atoms with van der Waals surface area (Å²) in [6.07, 6.45) is 3.59. The van der Waals surface area contributed by atoms with Crippen molar-refractivity contribution in [1.82, 2.24) is 4.40 Å². The van der Waals surface area contributed by atoms with Gasteiger partial charge < -0.3 is 18.6 Å². The van der Waals surface area contributed by atoms with Crippen molar-refractivity contribution in [2.45, 2.75) is 33.3 Å². The molecule has 0 amide bonds. The lowest BCUT2D eigenvalue weighted by atomic mass is 10.0. The average Bonchev–Trinajstić information content (AvgIpc) is 3.08. The Balaban J connectivity index is 2.64. The summed E-state index contributed by atoms with van der Waals surface area (Å²) in [6, 6.07) is 9.27. The Bertz CT molecular complexity index is 1230. The van der Waals surface area contributed by atoms with Gasteiger partial charge in [-0.3, -0.25) is 0 Å². The van der Waals surface area contributed by atoms with E-state index in [4.69, 9.17) is 14.2 Å². The second-order valence-corrected chi connectivity index (χ2v) is 7.92. The van der Waals surface area contributed by atoms with Gasteiger partial charge in [0.2, 0.25) is 0 Å². The van der Waals surface area contributed by atoms with Crippen molar-refractivity contribution < 1.29 is 28.6 Å². The standard InChI is InChI=1S/C24H25NO6/c1-7-10-15-13-14-11-8-9-12-16(14)19-17(21(26)29-5)18(22(27)30-6)20(25(15)19)23(28)31-24(2,3)4/h7-13H,1-6H3/b10-7+. The lowest BCUT2D eigenvalue weighted by Crippen LogP contribution is -2.26. The molecule has 3 rings (SSSR count). The molecule has 3 aromatic rings. The second-order valence-electron chi connectivity index (χ2n) is 7.92. The van der Waals surface area contributed by atoms with E-state index in [1.165, 1.54) is 14.2 Å². The van der Waals surface area contributed by atoms with Gasteiger partial charge >= 0.3 is 17.9 Å². The summed E-state index contributed by atoms with van der Waals surface area (Å²) >= 11 is 0. The number of benzene rings is 1. The van der Waals surface area contributed by atoms with E-state index < -0.39 is 23.5 Å². The van der Waals surface area contributed by atoms with Crippen molar-refractivity contribution in [3.8, 4) is 0 Å². The van der Waals surface area contributed by atoms with Crippen LogP contribution in [0.4, 0.5) is 0 Å². The number of allylic oxidation sites excluding steroid dienone is 1. The minimum atomic E-state index is -0.833. The highest BCUT2D eigenvalue weighted by Gasteiger charge is 2.36. The number of hydrogen-bond donors (Lipinski definition) is 0. The highest BCUT2D eigenvalue weighted by atomic mass is 16.6. The first-order valence-corrected chi connectivity index (χ1v) is 9.77. The van der Waals surface area contributed by atoms with E-state index in [2.05, 4.69) is 0 Å². The number of esters is 3. The molecular formula is C24H25NO6. The fourth-order valence-electron chi connectivity index (χ4n) is 3.56. The van der Waals surface area contributed by atoms with Gasteiger partial charge in [0.1, 0.15) is 22.4 Å². The third-order valence-corrected chi connectivity index (χ3v) is 4.66. The molecule has 31 heavy (non-hydrogen) atoms. The van der Waals surface area contributed by atoms with Crippen LogP contribution in [0.15, 0.2) is 36.4 Å². The van der Waals surface area contributed by atoms with Crippen LogP contribution in [-0.2, 0) is 14.2 Å². The fourth-order valence-corrected chi connectivity index (χ4v) is 3.56. The predicted molar refractivity (Wildman–Crippen MR) is 117 cm³/mol. The van der Waals surface area contributed by atoms with E-state index in [0.29, 0.717) is 16.6 Å². The molecule has 1 aromatic carbocycles. The monoisotopic (exact) mass is 423 g/mol. The molecule has 0 spiro atoms. The molecule has 0 aliphatic heterocycles. The number of ether oxygens (including phenoxy) is 3. The zero-order valence-corrected chi connectivity index (χ0v) is 18.4. The van der Waals surface area contributed by atoms with E-state index in [9.17, 15) is 14.4 Å². The maximum Gasteiger partial charge on any atom is 0.356 e.